The van der Waals surface area contributed by atoms with Crippen molar-refractivity contribution in [2.45, 2.75) is 6.92 Å². The van der Waals surface area contributed by atoms with Crippen LogP contribution in [0, 0.1) is 0 Å². The lowest BCUT2D eigenvalue weighted by molar-refractivity contribution is -0.135. The van der Waals surface area contributed by atoms with Crippen molar-refractivity contribution >= 4 is 34.9 Å². The standard InChI is InChI=1S/C12H11N3O4S/c1-7(9-4-3-5-19-9)14-15-11(17)8(13-12(15)20)6-10(16)18-2/h3-6H,1-2H3,(H,13,20)/b8-6-,14-7-. The van der Waals surface area contributed by atoms with Crippen molar-refractivity contribution in [3.63, 3.8) is 0 Å². The van der Waals surface area contributed by atoms with E-state index in [4.69, 9.17) is 16.6 Å². The molecule has 1 aromatic heterocycles. The molecule has 7 nitrogen and oxygen atoms in total. The van der Waals surface area contributed by atoms with Gasteiger partial charge >= 0.3 is 5.97 Å². The van der Waals surface area contributed by atoms with E-state index in [1.807, 2.05) is 0 Å². The van der Waals surface area contributed by atoms with Gasteiger partial charge in [0.25, 0.3) is 5.91 Å². The summed E-state index contributed by atoms with van der Waals surface area (Å²) in [6.07, 6.45) is 2.52. The summed E-state index contributed by atoms with van der Waals surface area (Å²) < 4.78 is 9.61. The van der Waals surface area contributed by atoms with Crippen molar-refractivity contribution in [1.82, 2.24) is 10.3 Å². The zero-order valence-electron chi connectivity index (χ0n) is 10.7. The number of rotatable bonds is 3. The maximum atomic E-state index is 12.0. The molecule has 0 radical (unpaired) electrons. The Hall–Kier alpha value is -2.48. The number of methoxy groups -OCH3 is 1. The molecule has 1 aliphatic rings. The van der Waals surface area contributed by atoms with Gasteiger partial charge in [-0.05, 0) is 31.3 Å². The van der Waals surface area contributed by atoms with E-state index in [1.165, 1.54) is 13.4 Å². The van der Waals surface area contributed by atoms with Gasteiger partial charge in [0.05, 0.1) is 19.4 Å². The zero-order valence-corrected chi connectivity index (χ0v) is 11.6. The summed E-state index contributed by atoms with van der Waals surface area (Å²) in [5.74, 6) is -0.672. The lowest BCUT2D eigenvalue weighted by Crippen LogP contribution is -2.26. The predicted octanol–water partition coefficient (Wildman–Crippen LogP) is 0.777. The summed E-state index contributed by atoms with van der Waals surface area (Å²) in [6, 6.07) is 3.42. The van der Waals surface area contributed by atoms with E-state index >= 15 is 0 Å². The van der Waals surface area contributed by atoms with E-state index in [2.05, 4.69) is 15.2 Å². The highest BCUT2D eigenvalue weighted by atomic mass is 32.1. The van der Waals surface area contributed by atoms with Gasteiger partial charge in [-0.3, -0.25) is 4.79 Å². The fourth-order valence-electron chi connectivity index (χ4n) is 1.48. The van der Waals surface area contributed by atoms with Gasteiger partial charge in [0.2, 0.25) is 5.11 Å². The number of nitrogens with one attached hydrogen (secondary N) is 1. The van der Waals surface area contributed by atoms with Gasteiger partial charge in [-0.1, -0.05) is 0 Å². The minimum Gasteiger partial charge on any atom is -0.466 e. The number of furan rings is 1. The normalized spacial score (nSPS) is 17.6. The lowest BCUT2D eigenvalue weighted by Gasteiger charge is -2.07. The second kappa shape index (κ2) is 5.66. The fourth-order valence-corrected chi connectivity index (χ4v) is 1.71. The molecule has 0 aliphatic carbocycles. The van der Waals surface area contributed by atoms with Crippen LogP contribution in [0.4, 0.5) is 0 Å². The summed E-state index contributed by atoms with van der Waals surface area (Å²) in [5, 5.41) is 7.74. The van der Waals surface area contributed by atoms with Crippen LogP contribution in [0.1, 0.15) is 12.7 Å². The van der Waals surface area contributed by atoms with Crippen LogP contribution in [0.15, 0.2) is 39.7 Å². The number of thiocarbonyl (C=S) groups is 1. The van der Waals surface area contributed by atoms with E-state index in [-0.39, 0.29) is 10.8 Å². The predicted molar refractivity (Wildman–Crippen MR) is 73.6 cm³/mol. The highest BCUT2D eigenvalue weighted by Crippen LogP contribution is 2.12. The van der Waals surface area contributed by atoms with Crippen LogP contribution in [0.2, 0.25) is 0 Å². The molecular weight excluding hydrogens is 282 g/mol. The van der Waals surface area contributed by atoms with Crippen LogP contribution >= 0.6 is 12.2 Å². The molecule has 8 heteroatoms. The fraction of sp³-hybridized carbons (Fsp3) is 0.167. The van der Waals surface area contributed by atoms with Gasteiger partial charge in [0, 0.05) is 0 Å². The van der Waals surface area contributed by atoms with Crippen LogP contribution < -0.4 is 5.32 Å². The molecule has 0 spiro atoms. The molecule has 0 atom stereocenters. The number of amides is 1. The second-order valence-electron chi connectivity index (χ2n) is 3.79. The molecule has 1 N–H and O–H groups in total. The third kappa shape index (κ3) is 2.75. The average Bonchev–Trinajstić information content (AvgIpc) is 3.03. The molecule has 20 heavy (non-hydrogen) atoms. The molecular formula is C12H11N3O4S. The first-order chi connectivity index (χ1) is 9.52. The van der Waals surface area contributed by atoms with Crippen LogP contribution in [-0.2, 0) is 14.3 Å². The Morgan fingerprint density at radius 2 is 2.35 bits per heavy atom. The molecule has 2 rings (SSSR count). The minimum atomic E-state index is -0.655. The number of esters is 1. The molecule has 0 saturated carbocycles. The van der Waals surface area contributed by atoms with Crippen LogP contribution in [0.5, 0.6) is 0 Å². The Kier molecular flexibility index (Phi) is 3.94. The quantitative estimate of drug-likeness (QED) is 0.384. The molecule has 1 fully saturated rings. The van der Waals surface area contributed by atoms with Gasteiger partial charge in [-0.15, -0.1) is 0 Å². The number of hydrazone groups is 1. The number of nitrogens with zero attached hydrogens (tertiary/aromatic N) is 2. The van der Waals surface area contributed by atoms with Gasteiger partial charge in [0.1, 0.15) is 17.2 Å². The summed E-state index contributed by atoms with van der Waals surface area (Å²) in [7, 11) is 1.22. The van der Waals surface area contributed by atoms with Crippen molar-refractivity contribution in [2.75, 3.05) is 7.11 Å². The monoisotopic (exact) mass is 293 g/mol. The largest absolute Gasteiger partial charge is 0.466 e. The third-order valence-electron chi connectivity index (χ3n) is 2.45. The van der Waals surface area contributed by atoms with Crippen molar-refractivity contribution in [3.8, 4) is 0 Å². The summed E-state index contributed by atoms with van der Waals surface area (Å²) in [4.78, 5) is 23.2. The van der Waals surface area contributed by atoms with Crippen molar-refractivity contribution in [3.05, 3.63) is 35.9 Å². The van der Waals surface area contributed by atoms with Crippen LogP contribution in [-0.4, -0.2) is 34.8 Å². The number of carbonyl (C=O) groups is 2. The Bertz CT molecular complexity index is 619. The van der Waals surface area contributed by atoms with Gasteiger partial charge in [-0.25, -0.2) is 4.79 Å². The lowest BCUT2D eigenvalue weighted by atomic mass is 10.3. The number of hydrogen-bond donors (Lipinski definition) is 1. The number of ether oxygens (including phenoxy) is 1. The molecule has 0 bridgehead atoms. The Morgan fingerprint density at radius 3 is 2.95 bits per heavy atom. The molecule has 1 aliphatic heterocycles. The highest BCUT2D eigenvalue weighted by molar-refractivity contribution is 7.80. The topological polar surface area (TPSA) is 84.1 Å². The van der Waals surface area contributed by atoms with E-state index < -0.39 is 11.9 Å². The molecule has 1 amide bonds. The Labute approximate surface area is 119 Å². The van der Waals surface area contributed by atoms with Crippen LogP contribution in [0.3, 0.4) is 0 Å². The molecule has 1 aromatic rings. The summed E-state index contributed by atoms with van der Waals surface area (Å²) in [6.45, 7) is 1.68. The van der Waals surface area contributed by atoms with Gasteiger partial charge in [0.15, 0.2) is 0 Å². The van der Waals surface area contributed by atoms with E-state index in [0.717, 1.165) is 11.1 Å². The summed E-state index contributed by atoms with van der Waals surface area (Å²) >= 11 is 4.99. The van der Waals surface area contributed by atoms with Gasteiger partial charge in [-0.2, -0.15) is 10.1 Å². The highest BCUT2D eigenvalue weighted by Gasteiger charge is 2.32. The first-order valence-electron chi connectivity index (χ1n) is 5.57. The molecule has 1 saturated heterocycles. The number of hydrogen-bond acceptors (Lipinski definition) is 6. The van der Waals surface area contributed by atoms with Crippen LogP contribution in [0.25, 0.3) is 0 Å². The Morgan fingerprint density at radius 1 is 1.60 bits per heavy atom. The van der Waals surface area contributed by atoms with Crippen molar-refractivity contribution in [1.29, 1.82) is 0 Å². The van der Waals surface area contributed by atoms with E-state index in [9.17, 15) is 9.59 Å². The molecule has 104 valence electrons. The maximum Gasteiger partial charge on any atom is 0.332 e. The maximum absolute atomic E-state index is 12.0. The van der Waals surface area contributed by atoms with Gasteiger partial charge < -0.3 is 14.5 Å². The van der Waals surface area contributed by atoms with Crippen molar-refractivity contribution in [2.24, 2.45) is 5.10 Å². The average molecular weight is 293 g/mol. The second-order valence-corrected chi connectivity index (χ2v) is 4.18. The third-order valence-corrected chi connectivity index (χ3v) is 2.72. The molecule has 2 heterocycles. The smallest absolute Gasteiger partial charge is 0.332 e. The Balaban J connectivity index is 2.24. The SMILES string of the molecule is COC(=O)/C=C1\NC(=S)N(/N=C(/C)c2ccco2)C1=O. The van der Waals surface area contributed by atoms with E-state index in [0.29, 0.717) is 11.5 Å². The van der Waals surface area contributed by atoms with Crippen molar-refractivity contribution < 1.29 is 18.7 Å². The number of carbonyl (C=O) groups excluding carboxylic acids is 2. The molecule has 0 aromatic carbocycles. The molecule has 0 unspecified atom stereocenters. The zero-order chi connectivity index (χ0) is 14.7. The first-order valence-corrected chi connectivity index (χ1v) is 5.98. The minimum absolute atomic E-state index is 0.0119. The summed E-state index contributed by atoms with van der Waals surface area (Å²) in [5.41, 5.74) is 0.490. The van der Waals surface area contributed by atoms with E-state index in [1.54, 1.807) is 19.1 Å². The first kappa shape index (κ1) is 13.9.